The van der Waals surface area contributed by atoms with Gasteiger partial charge in [-0.25, -0.2) is 0 Å². The van der Waals surface area contributed by atoms with Gasteiger partial charge in [0.1, 0.15) is 0 Å². The second-order valence-corrected chi connectivity index (χ2v) is 4.58. The first kappa shape index (κ1) is 11.0. The Hall–Kier alpha value is -1.51. The molecule has 0 bridgehead atoms. The highest BCUT2D eigenvalue weighted by Crippen LogP contribution is 2.13. The zero-order valence-electron chi connectivity index (χ0n) is 9.96. The zero-order valence-corrected chi connectivity index (χ0v) is 9.96. The van der Waals surface area contributed by atoms with Gasteiger partial charge in [-0.15, -0.1) is 0 Å². The summed E-state index contributed by atoms with van der Waals surface area (Å²) >= 11 is 0. The number of hydrogen-bond acceptors (Lipinski definition) is 3. The van der Waals surface area contributed by atoms with Gasteiger partial charge in [0.25, 0.3) is 0 Å². The highest BCUT2D eigenvalue weighted by Gasteiger charge is 2.04. The topological polar surface area (TPSA) is 36.4 Å². The molecule has 0 aromatic heterocycles. The molecule has 0 aliphatic carbocycles. The first-order valence-electron chi connectivity index (χ1n) is 5.88. The van der Waals surface area contributed by atoms with E-state index < -0.39 is 0 Å². The molecule has 0 atom stereocenters. The van der Waals surface area contributed by atoms with Crippen LogP contribution in [0.3, 0.4) is 0 Å². The number of anilines is 1. The number of benzene rings is 1. The quantitative estimate of drug-likeness (QED) is 0.814. The summed E-state index contributed by atoms with van der Waals surface area (Å²) < 4.78 is 0. The Morgan fingerprint density at radius 2 is 2.06 bits per heavy atom. The second kappa shape index (κ2) is 5.01. The normalized spacial score (nSPS) is 14.8. The highest BCUT2D eigenvalue weighted by molar-refractivity contribution is 5.94. The van der Waals surface area contributed by atoms with Crippen LogP contribution in [0.1, 0.15) is 19.4 Å². The van der Waals surface area contributed by atoms with Crippen molar-refractivity contribution >= 4 is 11.6 Å². The maximum atomic E-state index is 4.30. The van der Waals surface area contributed by atoms with Gasteiger partial charge in [-0.1, -0.05) is 26.0 Å². The minimum atomic E-state index is 0.708. The van der Waals surface area contributed by atoms with E-state index in [-0.39, 0.29) is 0 Å². The maximum Gasteiger partial charge on any atom is 0.195 e. The van der Waals surface area contributed by atoms with Crippen LogP contribution in [0.2, 0.25) is 0 Å². The molecule has 0 radical (unpaired) electrons. The van der Waals surface area contributed by atoms with Crippen molar-refractivity contribution in [3.05, 3.63) is 29.8 Å². The molecule has 1 aliphatic heterocycles. The number of nitrogens with zero attached hydrogens (tertiary/aromatic N) is 1. The molecule has 0 fully saturated rings. The van der Waals surface area contributed by atoms with Crippen LogP contribution in [0, 0.1) is 5.92 Å². The van der Waals surface area contributed by atoms with Gasteiger partial charge in [0.2, 0.25) is 0 Å². The lowest BCUT2D eigenvalue weighted by Gasteiger charge is -2.08. The van der Waals surface area contributed by atoms with E-state index >= 15 is 0 Å². The number of nitrogens with one attached hydrogen (secondary N) is 2. The number of hydrogen-bond donors (Lipinski definition) is 2. The lowest BCUT2D eigenvalue weighted by Crippen LogP contribution is -2.26. The predicted molar refractivity (Wildman–Crippen MR) is 68.9 cm³/mol. The summed E-state index contributed by atoms with van der Waals surface area (Å²) in [5, 5.41) is 6.45. The summed E-state index contributed by atoms with van der Waals surface area (Å²) in [7, 11) is 0. The number of guanidine groups is 1. The molecule has 1 aromatic carbocycles. The number of rotatable bonds is 3. The largest absolute Gasteiger partial charge is 0.354 e. The Labute approximate surface area is 97.0 Å². The summed E-state index contributed by atoms with van der Waals surface area (Å²) in [5.74, 6) is 1.59. The van der Waals surface area contributed by atoms with Gasteiger partial charge in [-0.3, -0.25) is 4.99 Å². The van der Waals surface area contributed by atoms with Crippen molar-refractivity contribution in [2.24, 2.45) is 10.9 Å². The van der Waals surface area contributed by atoms with Crippen molar-refractivity contribution in [2.75, 3.05) is 18.4 Å². The second-order valence-electron chi connectivity index (χ2n) is 4.58. The van der Waals surface area contributed by atoms with Crippen LogP contribution in [0.4, 0.5) is 5.69 Å². The summed E-state index contributed by atoms with van der Waals surface area (Å²) in [6, 6.07) is 8.58. The van der Waals surface area contributed by atoms with E-state index in [1.807, 2.05) is 0 Å². The summed E-state index contributed by atoms with van der Waals surface area (Å²) in [5.41, 5.74) is 2.49. The molecular weight excluding hydrogens is 198 g/mol. The first-order valence-corrected chi connectivity index (χ1v) is 5.88. The molecule has 0 spiro atoms. The van der Waals surface area contributed by atoms with Gasteiger partial charge in [0, 0.05) is 12.2 Å². The van der Waals surface area contributed by atoms with Crippen molar-refractivity contribution in [1.82, 2.24) is 5.32 Å². The fourth-order valence-electron chi connectivity index (χ4n) is 1.81. The van der Waals surface area contributed by atoms with Crippen LogP contribution in [0.5, 0.6) is 0 Å². The Morgan fingerprint density at radius 3 is 2.62 bits per heavy atom. The van der Waals surface area contributed by atoms with Crippen molar-refractivity contribution in [2.45, 2.75) is 20.3 Å². The van der Waals surface area contributed by atoms with Crippen LogP contribution in [0.25, 0.3) is 0 Å². The van der Waals surface area contributed by atoms with E-state index in [1.54, 1.807) is 0 Å². The molecule has 0 unspecified atom stereocenters. The number of aliphatic imine (C=N–C) groups is 1. The van der Waals surface area contributed by atoms with Crippen LogP contribution in [0.15, 0.2) is 29.3 Å². The molecule has 1 aliphatic rings. The van der Waals surface area contributed by atoms with Crippen LogP contribution >= 0.6 is 0 Å². The Bertz CT molecular complexity index is 365. The molecule has 2 N–H and O–H groups in total. The first-order chi connectivity index (χ1) is 7.74. The van der Waals surface area contributed by atoms with E-state index in [0.717, 1.165) is 31.2 Å². The predicted octanol–water partition coefficient (Wildman–Crippen LogP) is 2.26. The van der Waals surface area contributed by atoms with Gasteiger partial charge in [0.05, 0.1) is 6.54 Å². The van der Waals surface area contributed by atoms with E-state index in [0.29, 0.717) is 5.92 Å². The molecule has 16 heavy (non-hydrogen) atoms. The maximum absolute atomic E-state index is 4.30. The van der Waals surface area contributed by atoms with E-state index in [1.165, 1.54) is 5.56 Å². The smallest absolute Gasteiger partial charge is 0.195 e. The van der Waals surface area contributed by atoms with Crippen molar-refractivity contribution < 1.29 is 0 Å². The molecule has 1 aromatic rings. The SMILES string of the molecule is CC(C)Cc1ccc(NC2=NCCN2)cc1. The van der Waals surface area contributed by atoms with Crippen molar-refractivity contribution in [3.8, 4) is 0 Å². The van der Waals surface area contributed by atoms with Crippen molar-refractivity contribution in [3.63, 3.8) is 0 Å². The average molecular weight is 217 g/mol. The highest BCUT2D eigenvalue weighted by atomic mass is 15.2. The third kappa shape index (κ3) is 2.99. The molecule has 3 heteroatoms. The molecule has 1 heterocycles. The van der Waals surface area contributed by atoms with Gasteiger partial charge < -0.3 is 10.6 Å². The van der Waals surface area contributed by atoms with Crippen LogP contribution < -0.4 is 10.6 Å². The Kier molecular flexibility index (Phi) is 3.44. The average Bonchev–Trinajstić information content (AvgIpc) is 2.73. The lowest BCUT2D eigenvalue weighted by atomic mass is 10.0. The molecule has 3 nitrogen and oxygen atoms in total. The molecule has 0 saturated carbocycles. The zero-order chi connectivity index (χ0) is 11.4. The van der Waals surface area contributed by atoms with Gasteiger partial charge in [0.15, 0.2) is 5.96 Å². The fourth-order valence-corrected chi connectivity index (χ4v) is 1.81. The Morgan fingerprint density at radius 1 is 1.31 bits per heavy atom. The standard InChI is InChI=1S/C13H19N3/c1-10(2)9-11-3-5-12(6-4-11)16-13-14-7-8-15-13/h3-6,10H,7-9H2,1-2H3,(H2,14,15,16). The monoisotopic (exact) mass is 217 g/mol. The fraction of sp³-hybridized carbons (Fsp3) is 0.462. The third-order valence-electron chi connectivity index (χ3n) is 2.53. The molecule has 0 saturated heterocycles. The molecule has 2 rings (SSSR count). The Balaban J connectivity index is 1.96. The van der Waals surface area contributed by atoms with E-state index in [4.69, 9.17) is 0 Å². The van der Waals surface area contributed by atoms with Crippen LogP contribution in [-0.4, -0.2) is 19.0 Å². The summed E-state index contributed by atoms with van der Waals surface area (Å²) in [6.45, 7) is 6.29. The van der Waals surface area contributed by atoms with E-state index in [2.05, 4.69) is 53.7 Å². The summed E-state index contributed by atoms with van der Waals surface area (Å²) in [4.78, 5) is 4.30. The minimum absolute atomic E-state index is 0.708. The van der Waals surface area contributed by atoms with Gasteiger partial charge in [-0.05, 0) is 30.0 Å². The third-order valence-corrected chi connectivity index (χ3v) is 2.53. The minimum Gasteiger partial charge on any atom is -0.354 e. The van der Waals surface area contributed by atoms with Crippen LogP contribution in [-0.2, 0) is 6.42 Å². The molecule has 0 amide bonds. The molecular formula is C13H19N3. The van der Waals surface area contributed by atoms with Gasteiger partial charge >= 0.3 is 0 Å². The van der Waals surface area contributed by atoms with Crippen molar-refractivity contribution in [1.29, 1.82) is 0 Å². The van der Waals surface area contributed by atoms with E-state index in [9.17, 15) is 0 Å². The summed E-state index contributed by atoms with van der Waals surface area (Å²) in [6.07, 6.45) is 1.14. The van der Waals surface area contributed by atoms with Gasteiger partial charge in [-0.2, -0.15) is 0 Å². The lowest BCUT2D eigenvalue weighted by molar-refractivity contribution is 0.647. The molecule has 86 valence electrons.